The highest BCUT2D eigenvalue weighted by Gasteiger charge is 2.02. The van der Waals surface area contributed by atoms with Crippen LogP contribution in [0, 0.1) is 0 Å². The molecule has 0 atom stereocenters. The predicted molar refractivity (Wildman–Crippen MR) is 72.4 cm³/mol. The number of nitrogens with one attached hydrogen (secondary N) is 1. The Balaban J connectivity index is 2.20. The molecule has 1 N–H and O–H groups in total. The first-order chi connectivity index (χ1) is 8.69. The van der Waals surface area contributed by atoms with Gasteiger partial charge in [-0.15, -0.1) is 0 Å². The van der Waals surface area contributed by atoms with Crippen molar-refractivity contribution in [2.45, 2.75) is 0 Å². The van der Waals surface area contributed by atoms with Gasteiger partial charge in [0.05, 0.1) is 0 Å². The molecule has 0 saturated carbocycles. The van der Waals surface area contributed by atoms with E-state index in [0.29, 0.717) is 5.88 Å². The van der Waals surface area contributed by atoms with Crippen molar-refractivity contribution in [2.75, 3.05) is 31.4 Å². The maximum Gasteiger partial charge on any atom is 0.224 e. The van der Waals surface area contributed by atoms with Crippen molar-refractivity contribution in [3.8, 4) is 11.6 Å². The van der Waals surface area contributed by atoms with E-state index in [9.17, 15) is 0 Å². The Hall–Kier alpha value is -2.30. The molecule has 1 aromatic heterocycles. The van der Waals surface area contributed by atoms with Crippen molar-refractivity contribution in [3.05, 3.63) is 36.7 Å². The third kappa shape index (κ3) is 2.88. The minimum Gasteiger partial charge on any atom is -0.439 e. The van der Waals surface area contributed by atoms with Crippen molar-refractivity contribution in [1.29, 1.82) is 0 Å². The van der Waals surface area contributed by atoms with Gasteiger partial charge in [-0.2, -0.15) is 0 Å². The lowest BCUT2D eigenvalue weighted by Gasteiger charge is -2.13. The van der Waals surface area contributed by atoms with E-state index >= 15 is 0 Å². The zero-order valence-corrected chi connectivity index (χ0v) is 10.7. The van der Waals surface area contributed by atoms with Crippen LogP contribution in [0.25, 0.3) is 0 Å². The number of anilines is 2. The Bertz CT molecular complexity index is 528. The topological polar surface area (TPSA) is 50.3 Å². The molecule has 0 bridgehead atoms. The van der Waals surface area contributed by atoms with Crippen LogP contribution in [0.4, 0.5) is 11.5 Å². The normalized spacial score (nSPS) is 9.94. The Kier molecular flexibility index (Phi) is 3.62. The summed E-state index contributed by atoms with van der Waals surface area (Å²) in [4.78, 5) is 10.1. The molecule has 0 fully saturated rings. The Morgan fingerprint density at radius 3 is 2.72 bits per heavy atom. The SMILES string of the molecule is CNc1cc(Oc2cccc(N(C)C)c2)ncn1. The fraction of sp³-hybridized carbons (Fsp3) is 0.231. The first-order valence-corrected chi connectivity index (χ1v) is 5.64. The van der Waals surface area contributed by atoms with E-state index in [1.165, 1.54) is 6.33 Å². The van der Waals surface area contributed by atoms with Crippen LogP contribution in [0.3, 0.4) is 0 Å². The minimum atomic E-state index is 0.519. The van der Waals surface area contributed by atoms with Gasteiger partial charge in [-0.05, 0) is 12.1 Å². The van der Waals surface area contributed by atoms with Crippen molar-refractivity contribution in [3.63, 3.8) is 0 Å². The average Bonchev–Trinajstić information content (AvgIpc) is 2.39. The highest BCUT2D eigenvalue weighted by atomic mass is 16.5. The molecule has 0 aliphatic heterocycles. The molecule has 0 aliphatic rings. The number of aromatic nitrogens is 2. The lowest BCUT2D eigenvalue weighted by atomic mass is 10.3. The van der Waals surface area contributed by atoms with E-state index in [0.717, 1.165) is 17.3 Å². The first kappa shape index (κ1) is 12.2. The van der Waals surface area contributed by atoms with Crippen LogP contribution in [0.15, 0.2) is 36.7 Å². The molecule has 94 valence electrons. The minimum absolute atomic E-state index is 0.519. The van der Waals surface area contributed by atoms with Crippen molar-refractivity contribution >= 4 is 11.5 Å². The van der Waals surface area contributed by atoms with E-state index in [4.69, 9.17) is 4.74 Å². The fourth-order valence-electron chi connectivity index (χ4n) is 1.48. The molecule has 0 spiro atoms. The van der Waals surface area contributed by atoms with E-state index in [1.54, 1.807) is 13.1 Å². The Morgan fingerprint density at radius 2 is 2.00 bits per heavy atom. The first-order valence-electron chi connectivity index (χ1n) is 5.64. The molecule has 18 heavy (non-hydrogen) atoms. The summed E-state index contributed by atoms with van der Waals surface area (Å²) in [6.07, 6.45) is 1.47. The van der Waals surface area contributed by atoms with Crippen LogP contribution in [-0.2, 0) is 0 Å². The average molecular weight is 244 g/mol. The number of nitrogens with zero attached hydrogens (tertiary/aromatic N) is 3. The van der Waals surface area contributed by atoms with Gasteiger partial charge in [-0.3, -0.25) is 0 Å². The van der Waals surface area contributed by atoms with E-state index in [1.807, 2.05) is 43.3 Å². The second-order valence-electron chi connectivity index (χ2n) is 3.99. The van der Waals surface area contributed by atoms with Crippen LogP contribution >= 0.6 is 0 Å². The maximum atomic E-state index is 5.69. The zero-order valence-electron chi connectivity index (χ0n) is 10.7. The number of rotatable bonds is 4. The molecule has 1 heterocycles. The molecule has 2 rings (SSSR count). The van der Waals surface area contributed by atoms with E-state index < -0.39 is 0 Å². The third-order valence-electron chi connectivity index (χ3n) is 2.45. The second-order valence-corrected chi connectivity index (χ2v) is 3.99. The molecular weight excluding hydrogens is 228 g/mol. The largest absolute Gasteiger partial charge is 0.439 e. The van der Waals surface area contributed by atoms with Gasteiger partial charge in [0, 0.05) is 39.0 Å². The Labute approximate surface area is 106 Å². The molecule has 0 radical (unpaired) electrons. The van der Waals surface area contributed by atoms with Crippen molar-refractivity contribution in [1.82, 2.24) is 9.97 Å². The second kappa shape index (κ2) is 5.35. The van der Waals surface area contributed by atoms with Crippen LogP contribution in [0.2, 0.25) is 0 Å². The zero-order chi connectivity index (χ0) is 13.0. The maximum absolute atomic E-state index is 5.69. The molecule has 0 unspecified atom stereocenters. The van der Waals surface area contributed by atoms with Gasteiger partial charge in [0.2, 0.25) is 5.88 Å². The third-order valence-corrected chi connectivity index (χ3v) is 2.45. The molecule has 5 heteroatoms. The van der Waals surface area contributed by atoms with Crippen LogP contribution in [0.5, 0.6) is 11.6 Å². The predicted octanol–water partition coefficient (Wildman–Crippen LogP) is 2.38. The smallest absolute Gasteiger partial charge is 0.224 e. The lowest BCUT2D eigenvalue weighted by molar-refractivity contribution is 0.462. The summed E-state index contributed by atoms with van der Waals surface area (Å²) in [6.45, 7) is 0. The van der Waals surface area contributed by atoms with Gasteiger partial charge in [0.15, 0.2) is 0 Å². The molecule has 0 amide bonds. The van der Waals surface area contributed by atoms with E-state index in [2.05, 4.69) is 15.3 Å². The summed E-state index contributed by atoms with van der Waals surface area (Å²) in [5.41, 5.74) is 1.08. The lowest BCUT2D eigenvalue weighted by Crippen LogP contribution is -2.08. The highest BCUT2D eigenvalue weighted by molar-refractivity contribution is 5.50. The van der Waals surface area contributed by atoms with Crippen LogP contribution in [-0.4, -0.2) is 31.1 Å². The fourth-order valence-corrected chi connectivity index (χ4v) is 1.48. The van der Waals surface area contributed by atoms with Crippen LogP contribution in [0.1, 0.15) is 0 Å². The molecule has 2 aromatic rings. The number of ether oxygens (including phenoxy) is 1. The number of hydrogen-bond donors (Lipinski definition) is 1. The summed E-state index contributed by atoms with van der Waals surface area (Å²) in [5.74, 6) is 2.00. The molecule has 1 aromatic carbocycles. The molecular formula is C13H16N4O. The summed E-state index contributed by atoms with van der Waals surface area (Å²) >= 11 is 0. The summed E-state index contributed by atoms with van der Waals surface area (Å²) in [5, 5.41) is 2.94. The molecule has 0 saturated heterocycles. The summed E-state index contributed by atoms with van der Waals surface area (Å²) in [6, 6.07) is 9.58. The highest BCUT2D eigenvalue weighted by Crippen LogP contribution is 2.24. The molecule has 5 nitrogen and oxygen atoms in total. The van der Waals surface area contributed by atoms with Crippen molar-refractivity contribution < 1.29 is 4.74 Å². The Morgan fingerprint density at radius 1 is 1.17 bits per heavy atom. The van der Waals surface area contributed by atoms with Gasteiger partial charge in [-0.25, -0.2) is 9.97 Å². The monoisotopic (exact) mass is 244 g/mol. The molecule has 0 aliphatic carbocycles. The van der Waals surface area contributed by atoms with Gasteiger partial charge in [-0.1, -0.05) is 6.07 Å². The summed E-state index contributed by atoms with van der Waals surface area (Å²) < 4.78 is 5.69. The van der Waals surface area contributed by atoms with Crippen LogP contribution < -0.4 is 15.0 Å². The standard InChI is InChI=1S/C13H16N4O/c1-14-12-8-13(16-9-15-12)18-11-6-4-5-10(7-11)17(2)3/h4-9H,1-3H3,(H,14,15,16). The van der Waals surface area contributed by atoms with Gasteiger partial charge >= 0.3 is 0 Å². The summed E-state index contributed by atoms with van der Waals surface area (Å²) in [7, 11) is 5.78. The quantitative estimate of drug-likeness (QED) is 0.894. The van der Waals surface area contributed by atoms with E-state index in [-0.39, 0.29) is 0 Å². The van der Waals surface area contributed by atoms with Gasteiger partial charge in [0.1, 0.15) is 17.9 Å². The number of benzene rings is 1. The van der Waals surface area contributed by atoms with Crippen molar-refractivity contribution in [2.24, 2.45) is 0 Å². The van der Waals surface area contributed by atoms with Gasteiger partial charge < -0.3 is 15.0 Å². The van der Waals surface area contributed by atoms with Gasteiger partial charge in [0.25, 0.3) is 0 Å². The number of hydrogen-bond acceptors (Lipinski definition) is 5.